The van der Waals surface area contributed by atoms with Crippen LogP contribution in [0.4, 0.5) is 0 Å². The van der Waals surface area contributed by atoms with E-state index in [0.29, 0.717) is 0 Å². The molecule has 0 atom stereocenters. The molecule has 0 fully saturated rings. The summed E-state index contributed by atoms with van der Waals surface area (Å²) in [5.41, 5.74) is 2.36. The number of aromatic nitrogens is 2. The number of benzene rings is 1. The molecule has 19 heavy (non-hydrogen) atoms. The molecule has 0 bridgehead atoms. The van der Waals surface area contributed by atoms with Crippen LogP contribution in [0.3, 0.4) is 0 Å². The fourth-order valence-corrected chi connectivity index (χ4v) is 2.12. The fourth-order valence-electron chi connectivity index (χ4n) is 1.92. The van der Waals surface area contributed by atoms with Crippen molar-refractivity contribution >= 4 is 11.6 Å². The quantitative estimate of drug-likeness (QED) is 0.927. The van der Waals surface area contributed by atoms with E-state index < -0.39 is 0 Å². The Balaban J connectivity index is 2.36. The van der Waals surface area contributed by atoms with Gasteiger partial charge in [-0.05, 0) is 51.5 Å². The van der Waals surface area contributed by atoms with Crippen molar-refractivity contribution in [2.45, 2.75) is 39.8 Å². The van der Waals surface area contributed by atoms with Crippen LogP contribution in [-0.2, 0) is 6.54 Å². The van der Waals surface area contributed by atoms with Gasteiger partial charge in [0, 0.05) is 29.5 Å². The average Bonchev–Trinajstić information content (AvgIpc) is 2.72. The SMILES string of the molecule is Cc1nccn1-c1ccc(Cl)cc1CNC(C)(C)C. The first-order chi connectivity index (χ1) is 8.87. The molecule has 3 nitrogen and oxygen atoms in total. The molecule has 0 aliphatic rings. The third-order valence-corrected chi connectivity index (χ3v) is 3.17. The molecule has 1 N–H and O–H groups in total. The number of hydrogen-bond acceptors (Lipinski definition) is 2. The van der Waals surface area contributed by atoms with Gasteiger partial charge >= 0.3 is 0 Å². The van der Waals surface area contributed by atoms with Crippen LogP contribution in [0.5, 0.6) is 0 Å². The second-order valence-corrected chi connectivity index (χ2v) is 6.16. The van der Waals surface area contributed by atoms with Crippen molar-refractivity contribution in [3.8, 4) is 5.69 Å². The molecular weight excluding hydrogens is 258 g/mol. The van der Waals surface area contributed by atoms with Crippen molar-refractivity contribution in [1.29, 1.82) is 0 Å². The van der Waals surface area contributed by atoms with Gasteiger partial charge in [-0.15, -0.1) is 0 Å². The molecule has 0 aliphatic heterocycles. The van der Waals surface area contributed by atoms with Gasteiger partial charge in [-0.2, -0.15) is 0 Å². The van der Waals surface area contributed by atoms with E-state index in [1.54, 1.807) is 0 Å². The van der Waals surface area contributed by atoms with E-state index >= 15 is 0 Å². The predicted molar refractivity (Wildman–Crippen MR) is 79.9 cm³/mol. The molecule has 2 aromatic rings. The van der Waals surface area contributed by atoms with E-state index in [1.165, 1.54) is 5.56 Å². The smallest absolute Gasteiger partial charge is 0.110 e. The van der Waals surface area contributed by atoms with Gasteiger partial charge in [0.2, 0.25) is 0 Å². The summed E-state index contributed by atoms with van der Waals surface area (Å²) in [5, 5.41) is 4.25. The minimum absolute atomic E-state index is 0.0730. The highest BCUT2D eigenvalue weighted by atomic mass is 35.5. The van der Waals surface area contributed by atoms with Crippen molar-refractivity contribution in [3.05, 3.63) is 47.0 Å². The number of aryl methyl sites for hydroxylation is 1. The lowest BCUT2D eigenvalue weighted by Crippen LogP contribution is -2.35. The van der Waals surface area contributed by atoms with Crippen LogP contribution < -0.4 is 5.32 Å². The third-order valence-electron chi connectivity index (χ3n) is 2.94. The van der Waals surface area contributed by atoms with Crippen molar-refractivity contribution in [2.75, 3.05) is 0 Å². The van der Waals surface area contributed by atoms with Gasteiger partial charge in [-0.1, -0.05) is 11.6 Å². The summed E-state index contributed by atoms with van der Waals surface area (Å²) in [5.74, 6) is 0.972. The summed E-state index contributed by atoms with van der Waals surface area (Å²) >= 11 is 6.12. The summed E-state index contributed by atoms with van der Waals surface area (Å²) in [6.07, 6.45) is 3.78. The Morgan fingerprint density at radius 1 is 1.32 bits per heavy atom. The first-order valence-electron chi connectivity index (χ1n) is 6.40. The number of hydrogen-bond donors (Lipinski definition) is 1. The van der Waals surface area contributed by atoms with E-state index in [9.17, 15) is 0 Å². The van der Waals surface area contributed by atoms with Crippen molar-refractivity contribution < 1.29 is 0 Å². The maximum atomic E-state index is 6.12. The number of rotatable bonds is 3. The molecule has 0 saturated heterocycles. The molecule has 102 valence electrons. The van der Waals surface area contributed by atoms with Gasteiger partial charge in [-0.3, -0.25) is 0 Å². The molecule has 1 aromatic carbocycles. The molecule has 0 radical (unpaired) electrons. The van der Waals surface area contributed by atoms with Crippen LogP contribution in [0.15, 0.2) is 30.6 Å². The van der Waals surface area contributed by atoms with Crippen LogP contribution in [0, 0.1) is 6.92 Å². The minimum Gasteiger partial charge on any atom is -0.308 e. The highest BCUT2D eigenvalue weighted by Gasteiger charge is 2.12. The van der Waals surface area contributed by atoms with E-state index in [2.05, 4.69) is 35.6 Å². The van der Waals surface area contributed by atoms with E-state index in [0.717, 1.165) is 23.1 Å². The maximum Gasteiger partial charge on any atom is 0.110 e. The monoisotopic (exact) mass is 277 g/mol. The van der Waals surface area contributed by atoms with E-state index in [-0.39, 0.29) is 5.54 Å². The van der Waals surface area contributed by atoms with Gasteiger partial charge in [-0.25, -0.2) is 4.98 Å². The van der Waals surface area contributed by atoms with Crippen molar-refractivity contribution in [1.82, 2.24) is 14.9 Å². The summed E-state index contributed by atoms with van der Waals surface area (Å²) in [6, 6.07) is 5.96. The Kier molecular flexibility index (Phi) is 3.97. The summed E-state index contributed by atoms with van der Waals surface area (Å²) in [4.78, 5) is 4.27. The zero-order chi connectivity index (χ0) is 14.0. The number of nitrogens with zero attached hydrogens (tertiary/aromatic N) is 2. The normalized spacial score (nSPS) is 11.8. The standard InChI is InChI=1S/C15H20ClN3/c1-11-17-7-8-19(11)14-6-5-13(16)9-12(14)10-18-15(2,3)4/h5-9,18H,10H2,1-4H3. The highest BCUT2D eigenvalue weighted by molar-refractivity contribution is 6.30. The molecule has 0 saturated carbocycles. The molecular formula is C15H20ClN3. The van der Waals surface area contributed by atoms with Crippen LogP contribution in [0.1, 0.15) is 32.2 Å². The first-order valence-corrected chi connectivity index (χ1v) is 6.78. The molecule has 2 rings (SSSR count). The predicted octanol–water partition coefficient (Wildman–Crippen LogP) is 3.72. The van der Waals surface area contributed by atoms with Gasteiger partial charge in [0.15, 0.2) is 0 Å². The zero-order valence-electron chi connectivity index (χ0n) is 11.9. The fraction of sp³-hybridized carbons (Fsp3) is 0.400. The van der Waals surface area contributed by atoms with Gasteiger partial charge < -0.3 is 9.88 Å². The highest BCUT2D eigenvalue weighted by Crippen LogP contribution is 2.21. The van der Waals surface area contributed by atoms with Gasteiger partial charge in [0.1, 0.15) is 5.82 Å². The summed E-state index contributed by atoms with van der Waals surface area (Å²) < 4.78 is 2.08. The van der Waals surface area contributed by atoms with Crippen LogP contribution in [0.2, 0.25) is 5.02 Å². The molecule has 4 heteroatoms. The molecule has 0 unspecified atom stereocenters. The summed E-state index contributed by atoms with van der Waals surface area (Å²) in [6.45, 7) is 9.23. The average molecular weight is 278 g/mol. The number of halogens is 1. The molecule has 1 heterocycles. The van der Waals surface area contributed by atoms with Gasteiger partial charge in [0.25, 0.3) is 0 Å². The second-order valence-electron chi connectivity index (χ2n) is 5.72. The minimum atomic E-state index is 0.0730. The number of nitrogens with one attached hydrogen (secondary N) is 1. The Bertz CT molecular complexity index is 567. The topological polar surface area (TPSA) is 29.9 Å². The maximum absolute atomic E-state index is 6.12. The molecule has 0 amide bonds. The summed E-state index contributed by atoms with van der Waals surface area (Å²) in [7, 11) is 0. The molecule has 1 aromatic heterocycles. The van der Waals surface area contributed by atoms with E-state index in [4.69, 9.17) is 11.6 Å². The van der Waals surface area contributed by atoms with Crippen molar-refractivity contribution in [2.24, 2.45) is 0 Å². The Morgan fingerprint density at radius 3 is 2.63 bits per heavy atom. The molecule has 0 aliphatic carbocycles. The first kappa shape index (κ1) is 14.1. The van der Waals surface area contributed by atoms with E-state index in [1.807, 2.05) is 37.5 Å². The largest absolute Gasteiger partial charge is 0.308 e. The van der Waals surface area contributed by atoms with Crippen LogP contribution >= 0.6 is 11.6 Å². The Hall–Kier alpha value is -1.32. The van der Waals surface area contributed by atoms with Crippen LogP contribution in [0.25, 0.3) is 5.69 Å². The number of imidazole rings is 1. The van der Waals surface area contributed by atoms with Crippen LogP contribution in [-0.4, -0.2) is 15.1 Å². The Labute approximate surface area is 119 Å². The lowest BCUT2D eigenvalue weighted by atomic mass is 10.1. The zero-order valence-corrected chi connectivity index (χ0v) is 12.6. The third kappa shape index (κ3) is 3.58. The lowest BCUT2D eigenvalue weighted by molar-refractivity contribution is 0.424. The second kappa shape index (κ2) is 5.35. The Morgan fingerprint density at radius 2 is 2.05 bits per heavy atom. The van der Waals surface area contributed by atoms with Crippen molar-refractivity contribution in [3.63, 3.8) is 0 Å². The van der Waals surface area contributed by atoms with Gasteiger partial charge in [0.05, 0.1) is 5.69 Å². The molecule has 0 spiro atoms. The lowest BCUT2D eigenvalue weighted by Gasteiger charge is -2.22.